The van der Waals surface area contributed by atoms with Crippen LogP contribution in [0.4, 0.5) is 0 Å². The fourth-order valence-electron chi connectivity index (χ4n) is 2.11. The monoisotopic (exact) mass is 323 g/mol. The van der Waals surface area contributed by atoms with Gasteiger partial charge < -0.3 is 10.5 Å². The maximum Gasteiger partial charge on any atom is 0.130 e. The van der Waals surface area contributed by atoms with E-state index < -0.39 is 0 Å². The molecule has 0 fully saturated rings. The van der Waals surface area contributed by atoms with Crippen molar-refractivity contribution in [1.82, 2.24) is 0 Å². The highest BCUT2D eigenvalue weighted by atomic mass is 35.5. The lowest BCUT2D eigenvalue weighted by molar-refractivity contribution is 0.482. The average molecular weight is 324 g/mol. The molecule has 0 aliphatic carbocycles. The van der Waals surface area contributed by atoms with E-state index in [1.54, 1.807) is 18.2 Å². The van der Waals surface area contributed by atoms with Crippen LogP contribution in [0.25, 0.3) is 0 Å². The normalized spacial score (nSPS) is 12.2. The summed E-state index contributed by atoms with van der Waals surface area (Å²) in [4.78, 5) is 0. The Hall–Kier alpha value is -1.22. The third-order valence-corrected chi connectivity index (χ3v) is 3.83. The van der Waals surface area contributed by atoms with Crippen molar-refractivity contribution in [3.8, 4) is 11.5 Å². The molecule has 2 nitrogen and oxygen atoms in total. The van der Waals surface area contributed by atoms with Crippen molar-refractivity contribution in [2.75, 3.05) is 0 Å². The van der Waals surface area contributed by atoms with E-state index in [0.29, 0.717) is 15.8 Å². The van der Waals surface area contributed by atoms with Crippen LogP contribution in [0.15, 0.2) is 36.4 Å². The molecular weight excluding hydrogens is 305 g/mol. The van der Waals surface area contributed by atoms with E-state index in [1.165, 1.54) is 11.1 Å². The zero-order valence-corrected chi connectivity index (χ0v) is 13.7. The van der Waals surface area contributed by atoms with Crippen LogP contribution in [0.2, 0.25) is 10.0 Å². The molecule has 0 spiro atoms. The van der Waals surface area contributed by atoms with Crippen molar-refractivity contribution in [2.45, 2.75) is 32.7 Å². The van der Waals surface area contributed by atoms with Gasteiger partial charge in [-0.15, -0.1) is 0 Å². The molecule has 0 aliphatic rings. The van der Waals surface area contributed by atoms with E-state index in [1.807, 2.05) is 12.1 Å². The van der Waals surface area contributed by atoms with Gasteiger partial charge in [-0.3, -0.25) is 0 Å². The van der Waals surface area contributed by atoms with Crippen molar-refractivity contribution < 1.29 is 4.74 Å². The molecule has 0 saturated heterocycles. The van der Waals surface area contributed by atoms with Crippen molar-refractivity contribution in [3.63, 3.8) is 0 Å². The lowest BCUT2D eigenvalue weighted by atomic mass is 10.00. The summed E-state index contributed by atoms with van der Waals surface area (Å²) in [5, 5.41) is 1.11. The molecule has 2 N–H and O–H groups in total. The number of ether oxygens (including phenoxy) is 1. The topological polar surface area (TPSA) is 35.2 Å². The van der Waals surface area contributed by atoms with E-state index in [-0.39, 0.29) is 6.04 Å². The van der Waals surface area contributed by atoms with Gasteiger partial charge >= 0.3 is 0 Å². The van der Waals surface area contributed by atoms with Crippen LogP contribution in [-0.2, 0) is 6.42 Å². The van der Waals surface area contributed by atoms with Gasteiger partial charge in [-0.25, -0.2) is 0 Å². The first-order valence-electron chi connectivity index (χ1n) is 6.97. The summed E-state index contributed by atoms with van der Waals surface area (Å²) in [5.41, 5.74) is 8.43. The van der Waals surface area contributed by atoms with E-state index in [0.717, 1.165) is 18.6 Å². The zero-order chi connectivity index (χ0) is 15.4. The van der Waals surface area contributed by atoms with E-state index >= 15 is 0 Å². The smallest absolute Gasteiger partial charge is 0.130 e. The molecule has 0 radical (unpaired) electrons. The molecule has 2 rings (SSSR count). The first-order chi connectivity index (χ1) is 9.97. The number of hydrogen-bond donors (Lipinski definition) is 1. The molecular formula is C17H19Cl2NO. The molecule has 0 aliphatic heterocycles. The van der Waals surface area contributed by atoms with Gasteiger partial charge in [0.2, 0.25) is 0 Å². The van der Waals surface area contributed by atoms with Crippen LogP contribution in [0.5, 0.6) is 11.5 Å². The third-order valence-electron chi connectivity index (χ3n) is 3.39. The standard InChI is InChI=1S/C17H19Cl2NO/c1-3-15(20)7-12-4-5-16(6-11(12)2)21-17-9-13(18)8-14(19)10-17/h4-6,8-10,15H,3,7,20H2,1-2H3. The summed E-state index contributed by atoms with van der Waals surface area (Å²) >= 11 is 11.9. The van der Waals surface area contributed by atoms with Crippen LogP contribution >= 0.6 is 23.2 Å². The Morgan fingerprint density at radius 2 is 1.71 bits per heavy atom. The summed E-state index contributed by atoms with van der Waals surface area (Å²) < 4.78 is 5.81. The lowest BCUT2D eigenvalue weighted by Gasteiger charge is -2.13. The number of rotatable bonds is 5. The van der Waals surface area contributed by atoms with Gasteiger partial charge in [0.1, 0.15) is 11.5 Å². The molecule has 2 aromatic carbocycles. The molecule has 112 valence electrons. The predicted octanol–water partition coefficient (Wildman–Crippen LogP) is 5.37. The Balaban J connectivity index is 2.16. The van der Waals surface area contributed by atoms with E-state index in [2.05, 4.69) is 19.9 Å². The van der Waals surface area contributed by atoms with E-state index in [9.17, 15) is 0 Å². The van der Waals surface area contributed by atoms with Gasteiger partial charge in [0.25, 0.3) is 0 Å². The van der Waals surface area contributed by atoms with Crippen LogP contribution in [0.3, 0.4) is 0 Å². The number of halogens is 2. The molecule has 2 aromatic rings. The maximum absolute atomic E-state index is 6.01. The molecule has 0 heterocycles. The molecule has 0 aromatic heterocycles. The van der Waals surface area contributed by atoms with Crippen LogP contribution in [0.1, 0.15) is 24.5 Å². The average Bonchev–Trinajstić information content (AvgIpc) is 2.40. The summed E-state index contributed by atoms with van der Waals surface area (Å²) in [6, 6.07) is 11.4. The molecule has 1 unspecified atom stereocenters. The fraction of sp³-hybridized carbons (Fsp3) is 0.294. The summed E-state index contributed by atoms with van der Waals surface area (Å²) in [6.07, 6.45) is 1.85. The van der Waals surface area contributed by atoms with Gasteiger partial charge in [-0.05, 0) is 61.2 Å². The molecule has 1 atom stereocenters. The second-order valence-electron chi connectivity index (χ2n) is 5.17. The quantitative estimate of drug-likeness (QED) is 0.802. The first kappa shape index (κ1) is 16.2. The summed E-state index contributed by atoms with van der Waals surface area (Å²) in [7, 11) is 0. The Morgan fingerprint density at radius 1 is 1.05 bits per heavy atom. The van der Waals surface area contributed by atoms with Crippen LogP contribution < -0.4 is 10.5 Å². The minimum atomic E-state index is 0.196. The highest BCUT2D eigenvalue weighted by molar-refractivity contribution is 6.34. The minimum absolute atomic E-state index is 0.196. The van der Waals surface area contributed by atoms with Gasteiger partial charge in [0.05, 0.1) is 0 Å². The molecule has 21 heavy (non-hydrogen) atoms. The molecule has 0 saturated carbocycles. The van der Waals surface area contributed by atoms with E-state index in [4.69, 9.17) is 33.7 Å². The lowest BCUT2D eigenvalue weighted by Crippen LogP contribution is -2.21. The third kappa shape index (κ3) is 4.63. The minimum Gasteiger partial charge on any atom is -0.457 e. The van der Waals surface area contributed by atoms with Gasteiger partial charge in [0.15, 0.2) is 0 Å². The largest absolute Gasteiger partial charge is 0.457 e. The zero-order valence-electron chi connectivity index (χ0n) is 12.2. The number of benzene rings is 2. The highest BCUT2D eigenvalue weighted by Gasteiger charge is 2.07. The Morgan fingerprint density at radius 3 is 2.29 bits per heavy atom. The van der Waals surface area contributed by atoms with Crippen molar-refractivity contribution in [3.05, 3.63) is 57.6 Å². The second-order valence-corrected chi connectivity index (χ2v) is 6.04. The maximum atomic E-state index is 6.01. The molecule has 0 amide bonds. The van der Waals surface area contributed by atoms with Crippen molar-refractivity contribution in [2.24, 2.45) is 5.73 Å². The van der Waals surface area contributed by atoms with Crippen LogP contribution in [0, 0.1) is 6.92 Å². The Bertz CT molecular complexity index is 608. The number of hydrogen-bond acceptors (Lipinski definition) is 2. The van der Waals surface area contributed by atoms with Gasteiger partial charge in [-0.1, -0.05) is 36.2 Å². The first-order valence-corrected chi connectivity index (χ1v) is 7.72. The number of aryl methyl sites for hydroxylation is 1. The molecule has 0 bridgehead atoms. The SMILES string of the molecule is CCC(N)Cc1ccc(Oc2cc(Cl)cc(Cl)c2)cc1C. The summed E-state index contributed by atoms with van der Waals surface area (Å²) in [5.74, 6) is 1.39. The predicted molar refractivity (Wildman–Crippen MR) is 89.7 cm³/mol. The Labute approximate surface area is 135 Å². The summed E-state index contributed by atoms with van der Waals surface area (Å²) in [6.45, 7) is 4.16. The number of nitrogens with two attached hydrogens (primary N) is 1. The van der Waals surface area contributed by atoms with Gasteiger partial charge in [0, 0.05) is 16.1 Å². The molecule has 4 heteroatoms. The van der Waals surface area contributed by atoms with Crippen molar-refractivity contribution in [1.29, 1.82) is 0 Å². The van der Waals surface area contributed by atoms with Gasteiger partial charge in [-0.2, -0.15) is 0 Å². The van der Waals surface area contributed by atoms with Crippen molar-refractivity contribution >= 4 is 23.2 Å². The second kappa shape index (κ2) is 7.17. The fourth-order valence-corrected chi connectivity index (χ4v) is 2.62. The highest BCUT2D eigenvalue weighted by Crippen LogP contribution is 2.29. The Kier molecular flexibility index (Phi) is 5.51. The van der Waals surface area contributed by atoms with Crippen LogP contribution in [-0.4, -0.2) is 6.04 Å².